The van der Waals surface area contributed by atoms with Crippen molar-refractivity contribution in [1.82, 2.24) is 4.81 Å². The first-order valence-corrected chi connectivity index (χ1v) is 10.3. The monoisotopic (exact) mass is 419 g/mol. The molecule has 0 bridgehead atoms. The number of rotatable bonds is 4. The van der Waals surface area contributed by atoms with Gasteiger partial charge in [0.25, 0.3) is 6.42 Å². The highest BCUT2D eigenvalue weighted by molar-refractivity contribution is 7.00. The summed E-state index contributed by atoms with van der Waals surface area (Å²) in [5.41, 5.74) is 3.72. The van der Waals surface area contributed by atoms with E-state index in [0.717, 1.165) is 23.2 Å². The van der Waals surface area contributed by atoms with Crippen LogP contribution in [0.3, 0.4) is 0 Å². The molecule has 0 aromatic heterocycles. The van der Waals surface area contributed by atoms with Crippen LogP contribution in [0, 0.1) is 5.92 Å². The zero-order valence-corrected chi connectivity index (χ0v) is 18.0. The molecule has 27 heavy (non-hydrogen) atoms. The number of nitrogens with zero attached hydrogens (tertiary/aromatic N) is 2. The molecule has 1 aliphatic rings. The molecule has 0 aliphatic carbocycles. The molecule has 2 aromatic rings. The van der Waals surface area contributed by atoms with E-state index in [1.807, 2.05) is 42.5 Å². The van der Waals surface area contributed by atoms with E-state index < -0.39 is 10.2 Å². The number of alkyl halides is 3. The van der Waals surface area contributed by atoms with Gasteiger partial charge in [0.05, 0.1) is 0 Å². The molecule has 3 rings (SSSR count). The molecule has 0 spiro atoms. The van der Waals surface area contributed by atoms with Crippen molar-refractivity contribution in [3.63, 3.8) is 0 Å². The van der Waals surface area contributed by atoms with Gasteiger partial charge in [0.1, 0.15) is 0 Å². The third-order valence-corrected chi connectivity index (χ3v) is 5.54. The fourth-order valence-corrected chi connectivity index (χ4v) is 4.18. The second-order valence-corrected chi connectivity index (χ2v) is 9.72. The van der Waals surface area contributed by atoms with Gasteiger partial charge in [-0.05, 0) is 31.2 Å². The predicted molar refractivity (Wildman–Crippen MR) is 121 cm³/mol. The van der Waals surface area contributed by atoms with Crippen molar-refractivity contribution < 1.29 is 0 Å². The Labute approximate surface area is 176 Å². The fraction of sp³-hybridized carbons (Fsp3) is 0.286. The van der Waals surface area contributed by atoms with E-state index in [4.69, 9.17) is 39.7 Å². The Bertz CT molecular complexity index is 803. The van der Waals surface area contributed by atoms with Crippen LogP contribution in [0.2, 0.25) is 0 Å². The van der Waals surface area contributed by atoms with Crippen molar-refractivity contribution >= 4 is 57.9 Å². The Kier molecular flexibility index (Phi) is 5.95. The van der Waals surface area contributed by atoms with Gasteiger partial charge in [-0.1, -0.05) is 109 Å². The lowest BCUT2D eigenvalue weighted by Gasteiger charge is -2.55. The maximum Gasteiger partial charge on any atom is 0.252 e. The number of benzene rings is 2. The molecular weight excluding hydrogens is 397 g/mol. The Morgan fingerprint density at radius 2 is 1.41 bits per heavy atom. The first kappa shape index (κ1) is 20.3. The minimum Gasteiger partial charge on any atom is -0.522 e. The molecule has 0 saturated carbocycles. The SMILES string of the molecule is CC1=CC(C(Cl)(Cl)Cl)=N[B-](c2ccccc2)(c2ccccc2)N1CC(C)C. The number of halogens is 3. The number of hydrogen-bond donors (Lipinski definition) is 0. The molecule has 0 fully saturated rings. The Balaban J connectivity index is 2.35. The molecule has 0 radical (unpaired) electrons. The molecule has 2 aromatic carbocycles. The molecule has 0 atom stereocenters. The largest absolute Gasteiger partial charge is 0.522 e. The van der Waals surface area contributed by atoms with Crippen LogP contribution in [-0.2, 0) is 0 Å². The first-order valence-electron chi connectivity index (χ1n) is 9.14. The van der Waals surface area contributed by atoms with E-state index in [0.29, 0.717) is 11.6 Å². The molecule has 0 N–H and O–H groups in total. The van der Waals surface area contributed by atoms with Gasteiger partial charge in [-0.25, -0.2) is 0 Å². The Morgan fingerprint density at radius 1 is 0.926 bits per heavy atom. The van der Waals surface area contributed by atoms with Crippen LogP contribution in [0.1, 0.15) is 20.8 Å². The van der Waals surface area contributed by atoms with Crippen LogP contribution in [0.15, 0.2) is 77.3 Å². The number of allylic oxidation sites excluding steroid dienone is 2. The van der Waals surface area contributed by atoms with E-state index in [-0.39, 0.29) is 0 Å². The van der Waals surface area contributed by atoms with Gasteiger partial charge >= 0.3 is 0 Å². The van der Waals surface area contributed by atoms with Crippen LogP contribution in [0.5, 0.6) is 0 Å². The molecule has 2 nitrogen and oxygen atoms in total. The summed E-state index contributed by atoms with van der Waals surface area (Å²) in [6, 6.07) is 20.6. The normalized spacial score (nSPS) is 16.9. The van der Waals surface area contributed by atoms with E-state index >= 15 is 0 Å². The molecule has 6 heteroatoms. The van der Waals surface area contributed by atoms with Crippen LogP contribution in [0.25, 0.3) is 0 Å². The van der Waals surface area contributed by atoms with Crippen LogP contribution >= 0.6 is 34.8 Å². The van der Waals surface area contributed by atoms with Gasteiger partial charge in [0.2, 0.25) is 3.79 Å². The third kappa shape index (κ3) is 4.06. The Morgan fingerprint density at radius 3 is 1.81 bits per heavy atom. The zero-order valence-electron chi connectivity index (χ0n) is 15.7. The molecule has 1 heterocycles. The molecule has 0 unspecified atom stereocenters. The maximum atomic E-state index is 6.28. The molecule has 1 aliphatic heterocycles. The van der Waals surface area contributed by atoms with Crippen molar-refractivity contribution in [1.29, 1.82) is 0 Å². The highest BCUT2D eigenvalue weighted by atomic mass is 35.6. The minimum absolute atomic E-state index is 0.450. The lowest BCUT2D eigenvalue weighted by atomic mass is 9.35. The summed E-state index contributed by atoms with van der Waals surface area (Å²) in [5, 5.41) is 0. The fourth-order valence-electron chi connectivity index (χ4n) is 3.87. The van der Waals surface area contributed by atoms with Crippen molar-refractivity contribution in [3.05, 3.63) is 72.4 Å². The lowest BCUT2D eigenvalue weighted by molar-refractivity contribution is 0.437. The van der Waals surface area contributed by atoms with Gasteiger partial charge in [-0.2, -0.15) is 10.9 Å². The highest BCUT2D eigenvalue weighted by Crippen LogP contribution is 2.34. The molecule has 142 valence electrons. The summed E-state index contributed by atoms with van der Waals surface area (Å²) in [7, 11) is 0. The van der Waals surface area contributed by atoms with E-state index in [9.17, 15) is 0 Å². The quantitative estimate of drug-likeness (QED) is 0.506. The summed E-state index contributed by atoms with van der Waals surface area (Å²) >= 11 is 18.8. The summed E-state index contributed by atoms with van der Waals surface area (Å²) in [4.78, 5) is 7.51. The van der Waals surface area contributed by atoms with Crippen molar-refractivity contribution in [2.24, 2.45) is 10.8 Å². The van der Waals surface area contributed by atoms with E-state index in [1.54, 1.807) is 0 Å². The third-order valence-electron chi connectivity index (χ3n) is 4.96. The van der Waals surface area contributed by atoms with Gasteiger partial charge in [0.15, 0.2) is 0 Å². The molecule has 0 saturated heterocycles. The van der Waals surface area contributed by atoms with Crippen molar-refractivity contribution in [2.45, 2.75) is 24.6 Å². The number of hydrogen-bond acceptors (Lipinski definition) is 2. The smallest absolute Gasteiger partial charge is 0.252 e. The van der Waals surface area contributed by atoms with Crippen LogP contribution in [-0.4, -0.2) is 27.3 Å². The second-order valence-electron chi connectivity index (χ2n) is 7.44. The average Bonchev–Trinajstić information content (AvgIpc) is 2.63. The van der Waals surface area contributed by atoms with Gasteiger partial charge < -0.3 is 9.71 Å². The van der Waals surface area contributed by atoms with Gasteiger partial charge in [-0.15, -0.1) is 0 Å². The zero-order chi connectivity index (χ0) is 19.7. The van der Waals surface area contributed by atoms with E-state index in [1.165, 1.54) is 0 Å². The molecular formula is C21H23BCl3N2-. The Hall–Kier alpha value is -1.42. The van der Waals surface area contributed by atoms with Crippen LogP contribution in [0.4, 0.5) is 0 Å². The van der Waals surface area contributed by atoms with Gasteiger partial charge in [0, 0.05) is 5.71 Å². The minimum atomic E-state index is -1.68. The van der Waals surface area contributed by atoms with E-state index in [2.05, 4.69) is 49.8 Å². The lowest BCUT2D eigenvalue weighted by Crippen LogP contribution is -2.70. The van der Waals surface area contributed by atoms with Crippen molar-refractivity contribution in [2.75, 3.05) is 6.54 Å². The average molecular weight is 421 g/mol. The van der Waals surface area contributed by atoms with Gasteiger partial charge in [-0.3, -0.25) is 0 Å². The van der Waals surface area contributed by atoms with Crippen LogP contribution < -0.4 is 10.9 Å². The summed E-state index contributed by atoms with van der Waals surface area (Å²) in [6.07, 6.45) is 0.214. The van der Waals surface area contributed by atoms with Crippen molar-refractivity contribution in [3.8, 4) is 0 Å². The maximum absolute atomic E-state index is 6.28. The topological polar surface area (TPSA) is 15.6 Å². The summed E-state index contributed by atoms with van der Waals surface area (Å²) in [6.45, 7) is 7.33. The summed E-state index contributed by atoms with van der Waals surface area (Å²) in [5.74, 6) is 0.450. The molecule has 0 amide bonds. The standard InChI is InChI=1S/C21H23BCl3N2/c1-16(2)15-27-17(3)14-20(21(23,24)25)26-22(27,18-10-6-4-7-11-18)19-12-8-5-9-13-19/h4-14,16H,15H2,1-3H3/q-1. The second kappa shape index (κ2) is 7.91. The predicted octanol–water partition coefficient (Wildman–Crippen LogP) is 4.93. The highest BCUT2D eigenvalue weighted by Gasteiger charge is 2.40. The first-order chi connectivity index (χ1) is 12.7. The summed E-state index contributed by atoms with van der Waals surface area (Å²) < 4.78 is -1.58.